The van der Waals surface area contributed by atoms with Gasteiger partial charge in [0.1, 0.15) is 48.1 Å². The van der Waals surface area contributed by atoms with Crippen LogP contribution in [-0.2, 0) is 41.6 Å². The lowest BCUT2D eigenvalue weighted by atomic mass is 9.84. The van der Waals surface area contributed by atoms with Crippen molar-refractivity contribution in [2.24, 2.45) is 0 Å². The quantitative estimate of drug-likeness (QED) is 0.372. The largest absolute Gasteiger partial charge is 0.497 e. The fourth-order valence-electron chi connectivity index (χ4n) is 7.57. The topological polar surface area (TPSA) is 73.8 Å². The van der Waals surface area contributed by atoms with Crippen LogP contribution >= 0.6 is 0 Å². The van der Waals surface area contributed by atoms with E-state index >= 15 is 0 Å². The van der Waals surface area contributed by atoms with Gasteiger partial charge in [-0.25, -0.2) is 0 Å². The van der Waals surface area contributed by atoms with E-state index < -0.39 is 11.6 Å². The van der Waals surface area contributed by atoms with Gasteiger partial charge in [-0.1, -0.05) is 37.1 Å². The maximum absolute atomic E-state index is 6.93. The van der Waals surface area contributed by atoms with Crippen molar-refractivity contribution in [2.75, 3.05) is 14.2 Å². The third-order valence-electron chi connectivity index (χ3n) is 9.78. The van der Waals surface area contributed by atoms with E-state index in [9.17, 15) is 0 Å². The Labute approximate surface area is 248 Å². The molecule has 2 saturated heterocycles. The van der Waals surface area contributed by atoms with E-state index in [1.807, 2.05) is 48.5 Å². The second-order valence-electron chi connectivity index (χ2n) is 12.5. The normalized spacial score (nSPS) is 32.9. The summed E-state index contributed by atoms with van der Waals surface area (Å²) in [6.07, 6.45) is 8.40. The number of hydrogen-bond donors (Lipinski definition) is 0. The second-order valence-corrected chi connectivity index (χ2v) is 12.5. The summed E-state index contributed by atoms with van der Waals surface area (Å²) < 4.78 is 51.9. The molecule has 3 aliphatic carbocycles. The summed E-state index contributed by atoms with van der Waals surface area (Å²) in [5, 5.41) is 0. The highest BCUT2D eigenvalue weighted by Gasteiger charge is 2.66. The average Bonchev–Trinajstić information content (AvgIpc) is 3.58. The van der Waals surface area contributed by atoms with E-state index in [2.05, 4.69) is 0 Å². The fourth-order valence-corrected chi connectivity index (χ4v) is 7.57. The molecule has 8 heteroatoms. The highest BCUT2D eigenvalue weighted by atomic mass is 16.8. The molecule has 8 nitrogen and oxygen atoms in total. The van der Waals surface area contributed by atoms with Gasteiger partial charge in [-0.2, -0.15) is 0 Å². The number of ether oxygens (including phenoxy) is 8. The standard InChI is InChI=1S/C34H44O8/c1-35-25-13-9-23(10-14-25)21-37-27-29-31(41-33(39-29)17-5-3-6-18-33)28(38-22-24-11-15-26(36-2)16-12-24)32-30(27)40-34(42-32)19-7-4-8-20-34/h9-16,27-32H,3-8,17-22H2,1-2H3/t27?,28?,29-,30+,31-,32+. The van der Waals surface area contributed by atoms with E-state index in [0.717, 1.165) is 74.0 Å². The first-order chi connectivity index (χ1) is 20.6. The summed E-state index contributed by atoms with van der Waals surface area (Å²) in [7, 11) is 3.36. The number of rotatable bonds is 8. The lowest BCUT2D eigenvalue weighted by Crippen LogP contribution is -2.62. The highest BCUT2D eigenvalue weighted by Crippen LogP contribution is 2.52. The van der Waals surface area contributed by atoms with Gasteiger partial charge in [-0.15, -0.1) is 0 Å². The lowest BCUT2D eigenvalue weighted by molar-refractivity contribution is -0.229. The predicted octanol–water partition coefficient (Wildman–Crippen LogP) is 6.08. The van der Waals surface area contributed by atoms with Crippen molar-refractivity contribution >= 4 is 0 Å². The monoisotopic (exact) mass is 580 g/mol. The van der Waals surface area contributed by atoms with Crippen molar-refractivity contribution in [3.05, 3.63) is 59.7 Å². The minimum atomic E-state index is -0.599. The molecule has 2 heterocycles. The van der Waals surface area contributed by atoms with Crippen LogP contribution in [-0.4, -0.2) is 62.4 Å². The molecule has 6 atom stereocenters. The molecule has 2 aliphatic heterocycles. The molecule has 0 aromatic heterocycles. The van der Waals surface area contributed by atoms with E-state index in [1.165, 1.54) is 12.8 Å². The van der Waals surface area contributed by atoms with Crippen LogP contribution < -0.4 is 9.47 Å². The summed E-state index contributed by atoms with van der Waals surface area (Å²) in [6.45, 7) is 0.871. The zero-order valence-corrected chi connectivity index (χ0v) is 24.8. The van der Waals surface area contributed by atoms with Crippen LogP contribution in [0.4, 0.5) is 0 Å². The molecule has 0 radical (unpaired) electrons. The molecule has 2 spiro atoms. The molecule has 3 saturated carbocycles. The van der Waals surface area contributed by atoms with Crippen LogP contribution in [0.25, 0.3) is 0 Å². The zero-order chi connectivity index (χ0) is 28.6. The number of hydrogen-bond acceptors (Lipinski definition) is 8. The van der Waals surface area contributed by atoms with Crippen molar-refractivity contribution in [3.8, 4) is 11.5 Å². The Morgan fingerprint density at radius 2 is 0.857 bits per heavy atom. The van der Waals surface area contributed by atoms with E-state index in [1.54, 1.807) is 14.2 Å². The van der Waals surface area contributed by atoms with Gasteiger partial charge in [0.25, 0.3) is 0 Å². The first-order valence-electron chi connectivity index (χ1n) is 15.8. The van der Waals surface area contributed by atoms with Crippen LogP contribution in [0.2, 0.25) is 0 Å². The lowest BCUT2D eigenvalue weighted by Gasteiger charge is -2.42. The Kier molecular flexibility index (Phi) is 8.20. The van der Waals surface area contributed by atoms with Crippen molar-refractivity contribution < 1.29 is 37.9 Å². The molecule has 0 N–H and O–H groups in total. The molecule has 228 valence electrons. The van der Waals surface area contributed by atoms with E-state index in [-0.39, 0.29) is 36.6 Å². The summed E-state index contributed by atoms with van der Waals surface area (Å²) >= 11 is 0. The smallest absolute Gasteiger partial charge is 0.169 e. The molecule has 2 unspecified atom stereocenters. The first kappa shape index (κ1) is 28.6. The molecule has 2 aromatic carbocycles. The van der Waals surface area contributed by atoms with Gasteiger partial charge >= 0.3 is 0 Å². The van der Waals surface area contributed by atoms with E-state index in [4.69, 9.17) is 37.9 Å². The minimum Gasteiger partial charge on any atom is -0.497 e. The maximum Gasteiger partial charge on any atom is 0.169 e. The summed E-state index contributed by atoms with van der Waals surface area (Å²) in [5.74, 6) is 0.454. The van der Waals surface area contributed by atoms with Crippen LogP contribution in [0.1, 0.15) is 75.3 Å². The van der Waals surface area contributed by atoms with Gasteiger partial charge in [0.15, 0.2) is 11.6 Å². The molecular weight excluding hydrogens is 536 g/mol. The Balaban J connectivity index is 1.18. The second kappa shape index (κ2) is 12.1. The van der Waals surface area contributed by atoms with Gasteiger partial charge in [0.2, 0.25) is 0 Å². The molecule has 7 rings (SSSR count). The van der Waals surface area contributed by atoms with Crippen molar-refractivity contribution in [3.63, 3.8) is 0 Å². The van der Waals surface area contributed by atoms with Crippen molar-refractivity contribution in [2.45, 2.75) is 126 Å². The van der Waals surface area contributed by atoms with Gasteiger partial charge in [-0.3, -0.25) is 0 Å². The Morgan fingerprint density at radius 1 is 0.524 bits per heavy atom. The minimum absolute atomic E-state index is 0.314. The number of fused-ring (bicyclic) bond motifs is 2. The van der Waals surface area contributed by atoms with Crippen LogP contribution in [0.3, 0.4) is 0 Å². The summed E-state index contributed by atoms with van der Waals surface area (Å²) in [6, 6.07) is 16.0. The molecular formula is C34H44O8. The van der Waals surface area contributed by atoms with Crippen LogP contribution in [0.15, 0.2) is 48.5 Å². The maximum atomic E-state index is 6.93. The zero-order valence-electron chi connectivity index (χ0n) is 24.8. The fraction of sp³-hybridized carbons (Fsp3) is 0.647. The summed E-state index contributed by atoms with van der Waals surface area (Å²) in [4.78, 5) is 0. The van der Waals surface area contributed by atoms with Gasteiger partial charge in [0, 0.05) is 25.7 Å². The molecule has 42 heavy (non-hydrogen) atoms. The molecule has 5 aliphatic rings. The average molecular weight is 581 g/mol. The van der Waals surface area contributed by atoms with Crippen molar-refractivity contribution in [1.29, 1.82) is 0 Å². The third-order valence-corrected chi connectivity index (χ3v) is 9.78. The van der Waals surface area contributed by atoms with Crippen LogP contribution in [0.5, 0.6) is 11.5 Å². The van der Waals surface area contributed by atoms with Gasteiger partial charge in [0.05, 0.1) is 27.4 Å². The Bertz CT molecular complexity index is 1050. The number of benzene rings is 2. The van der Waals surface area contributed by atoms with Gasteiger partial charge < -0.3 is 37.9 Å². The highest BCUT2D eigenvalue weighted by molar-refractivity contribution is 5.27. The Hall–Kier alpha value is -2.20. The van der Waals surface area contributed by atoms with Crippen LogP contribution in [0, 0.1) is 0 Å². The molecule has 5 fully saturated rings. The van der Waals surface area contributed by atoms with Crippen molar-refractivity contribution in [1.82, 2.24) is 0 Å². The first-order valence-corrected chi connectivity index (χ1v) is 15.8. The summed E-state index contributed by atoms with van der Waals surface area (Å²) in [5.41, 5.74) is 2.14. The van der Waals surface area contributed by atoms with E-state index in [0.29, 0.717) is 13.2 Å². The molecule has 0 amide bonds. The molecule has 0 bridgehead atoms. The third kappa shape index (κ3) is 5.58. The predicted molar refractivity (Wildman–Crippen MR) is 154 cm³/mol. The SMILES string of the molecule is COc1ccc(COC2[C@H]3OC4(CCCCC4)O[C@@H]3C(OCc3ccc(OC)cc3)[C@@H]3OC4(CCCCC4)O[C@@H]23)cc1. The van der Waals surface area contributed by atoms with Gasteiger partial charge in [-0.05, 0) is 61.1 Å². The number of methoxy groups -OCH3 is 2. The molecule has 2 aromatic rings. The Morgan fingerprint density at radius 3 is 1.17 bits per heavy atom.